The minimum Gasteiger partial charge on any atom is -0.353 e. The first-order valence-electron chi connectivity index (χ1n) is 9.79. The zero-order valence-corrected chi connectivity index (χ0v) is 18.2. The normalized spacial score (nSPS) is 21.9. The topological polar surface area (TPSA) is 41.1 Å². The lowest BCUT2D eigenvalue weighted by Gasteiger charge is -2.36. The summed E-state index contributed by atoms with van der Waals surface area (Å²) in [6.07, 6.45) is 6.44. The molecule has 0 saturated carbocycles. The molecule has 2 aromatic rings. The van der Waals surface area contributed by atoms with Crippen LogP contribution in [0.3, 0.4) is 0 Å². The smallest absolute Gasteiger partial charge is 0.256 e. The fourth-order valence-electron chi connectivity index (χ4n) is 4.22. The molecule has 27 heavy (non-hydrogen) atoms. The van der Waals surface area contributed by atoms with Crippen molar-refractivity contribution in [1.82, 2.24) is 5.32 Å². The van der Waals surface area contributed by atoms with Crippen LogP contribution in [0, 0.1) is 11.3 Å². The SMILES string of the molecule is CCC(C)(C)[C@H]1CCc2c(sc3c2C(=O)N[C@@H](c2ccc(SC)cc2)N3)C1. The van der Waals surface area contributed by atoms with E-state index in [2.05, 4.69) is 61.9 Å². The highest BCUT2D eigenvalue weighted by Gasteiger charge is 2.37. The lowest BCUT2D eigenvalue weighted by atomic mass is 9.69. The van der Waals surface area contributed by atoms with E-state index in [0.29, 0.717) is 11.3 Å². The van der Waals surface area contributed by atoms with Crippen LogP contribution in [-0.2, 0) is 12.8 Å². The summed E-state index contributed by atoms with van der Waals surface area (Å²) in [7, 11) is 0. The van der Waals surface area contributed by atoms with E-state index in [1.165, 1.54) is 28.2 Å². The van der Waals surface area contributed by atoms with Crippen molar-refractivity contribution < 1.29 is 4.79 Å². The molecule has 1 aliphatic carbocycles. The Hall–Kier alpha value is -1.46. The van der Waals surface area contributed by atoms with Crippen molar-refractivity contribution >= 4 is 34.0 Å². The van der Waals surface area contributed by atoms with Gasteiger partial charge in [0.05, 0.1) is 5.56 Å². The number of amides is 1. The minimum atomic E-state index is -0.149. The van der Waals surface area contributed by atoms with Crippen molar-refractivity contribution in [3.63, 3.8) is 0 Å². The van der Waals surface area contributed by atoms with E-state index < -0.39 is 0 Å². The van der Waals surface area contributed by atoms with Crippen LogP contribution in [-0.4, -0.2) is 12.2 Å². The molecule has 4 rings (SSSR count). The van der Waals surface area contributed by atoms with E-state index in [-0.39, 0.29) is 12.1 Å². The first-order chi connectivity index (χ1) is 12.9. The van der Waals surface area contributed by atoms with Crippen molar-refractivity contribution in [3.8, 4) is 0 Å². The molecule has 2 heterocycles. The quantitative estimate of drug-likeness (QED) is 0.631. The Balaban J connectivity index is 1.60. The number of anilines is 1. The number of hydrogen-bond donors (Lipinski definition) is 2. The predicted molar refractivity (Wildman–Crippen MR) is 116 cm³/mol. The summed E-state index contributed by atoms with van der Waals surface area (Å²) in [5, 5.41) is 7.80. The van der Waals surface area contributed by atoms with Crippen LogP contribution in [0.5, 0.6) is 0 Å². The molecule has 5 heteroatoms. The van der Waals surface area contributed by atoms with E-state index >= 15 is 0 Å². The van der Waals surface area contributed by atoms with Gasteiger partial charge in [-0.3, -0.25) is 4.79 Å². The van der Waals surface area contributed by atoms with Crippen LogP contribution in [0.25, 0.3) is 0 Å². The maximum atomic E-state index is 12.9. The number of thioether (sulfide) groups is 1. The monoisotopic (exact) mass is 400 g/mol. The molecule has 1 aromatic heterocycles. The first kappa shape index (κ1) is 18.9. The van der Waals surface area contributed by atoms with Gasteiger partial charge in [-0.1, -0.05) is 39.3 Å². The van der Waals surface area contributed by atoms with Gasteiger partial charge in [-0.25, -0.2) is 0 Å². The molecule has 0 unspecified atom stereocenters. The number of carbonyl (C=O) groups is 1. The Morgan fingerprint density at radius 2 is 1.96 bits per heavy atom. The molecule has 1 aliphatic heterocycles. The maximum absolute atomic E-state index is 12.9. The molecule has 3 nitrogen and oxygen atoms in total. The number of nitrogens with one attached hydrogen (secondary N) is 2. The van der Waals surface area contributed by atoms with Gasteiger partial charge in [-0.15, -0.1) is 23.1 Å². The summed E-state index contributed by atoms with van der Waals surface area (Å²) in [4.78, 5) is 15.6. The van der Waals surface area contributed by atoms with E-state index in [4.69, 9.17) is 0 Å². The Morgan fingerprint density at radius 1 is 1.22 bits per heavy atom. The second-order valence-electron chi connectivity index (χ2n) is 8.31. The highest BCUT2D eigenvalue weighted by atomic mass is 32.2. The molecule has 0 saturated heterocycles. The Kier molecular flexibility index (Phi) is 5.02. The van der Waals surface area contributed by atoms with Crippen molar-refractivity contribution in [3.05, 3.63) is 45.8 Å². The third kappa shape index (κ3) is 3.40. The van der Waals surface area contributed by atoms with Crippen molar-refractivity contribution in [2.75, 3.05) is 11.6 Å². The molecule has 2 N–H and O–H groups in total. The third-order valence-electron chi connectivity index (χ3n) is 6.51. The van der Waals surface area contributed by atoms with Crippen molar-refractivity contribution in [1.29, 1.82) is 0 Å². The molecule has 144 valence electrons. The van der Waals surface area contributed by atoms with Crippen LogP contribution in [0.4, 0.5) is 5.00 Å². The van der Waals surface area contributed by atoms with E-state index in [1.807, 2.05) is 0 Å². The molecular weight excluding hydrogens is 372 g/mol. The maximum Gasteiger partial charge on any atom is 0.256 e. The second kappa shape index (κ2) is 7.17. The molecule has 0 radical (unpaired) electrons. The minimum absolute atomic E-state index is 0.0772. The van der Waals surface area contributed by atoms with Gasteiger partial charge < -0.3 is 10.6 Å². The average molecular weight is 401 g/mol. The molecule has 2 atom stereocenters. The largest absolute Gasteiger partial charge is 0.353 e. The lowest BCUT2D eigenvalue weighted by Crippen LogP contribution is -2.38. The number of hydrogen-bond acceptors (Lipinski definition) is 4. The molecular formula is C22H28N2OS2. The number of fused-ring (bicyclic) bond motifs is 3. The van der Waals surface area contributed by atoms with Crippen LogP contribution < -0.4 is 10.6 Å². The Morgan fingerprint density at radius 3 is 2.63 bits per heavy atom. The fourth-order valence-corrected chi connectivity index (χ4v) is 5.98. The van der Waals surface area contributed by atoms with Gasteiger partial charge in [0.25, 0.3) is 5.91 Å². The highest BCUT2D eigenvalue weighted by molar-refractivity contribution is 7.98. The summed E-state index contributed by atoms with van der Waals surface area (Å²) in [5.41, 5.74) is 3.65. The van der Waals surface area contributed by atoms with Crippen LogP contribution in [0.15, 0.2) is 29.2 Å². The predicted octanol–water partition coefficient (Wildman–Crippen LogP) is 5.87. The highest BCUT2D eigenvalue weighted by Crippen LogP contribution is 2.46. The van der Waals surface area contributed by atoms with Crippen LogP contribution >= 0.6 is 23.1 Å². The fraction of sp³-hybridized carbons (Fsp3) is 0.500. The summed E-state index contributed by atoms with van der Waals surface area (Å²) in [6, 6.07) is 8.42. The molecule has 0 bridgehead atoms. The second-order valence-corrected chi connectivity index (χ2v) is 10.3. The number of thiophene rings is 1. The molecule has 0 spiro atoms. The molecule has 1 aromatic carbocycles. The van der Waals surface area contributed by atoms with Gasteiger partial charge in [-0.05, 0) is 60.1 Å². The third-order valence-corrected chi connectivity index (χ3v) is 8.44. The van der Waals surface area contributed by atoms with Crippen LogP contribution in [0.1, 0.15) is 66.1 Å². The zero-order valence-electron chi connectivity index (χ0n) is 16.5. The van der Waals surface area contributed by atoms with Gasteiger partial charge in [0.15, 0.2) is 0 Å². The van der Waals surface area contributed by atoms with Gasteiger partial charge in [-0.2, -0.15) is 0 Å². The molecule has 1 amide bonds. The Bertz CT molecular complexity index is 854. The number of benzene rings is 1. The van der Waals surface area contributed by atoms with Gasteiger partial charge in [0, 0.05) is 9.77 Å². The summed E-state index contributed by atoms with van der Waals surface area (Å²) >= 11 is 3.53. The van der Waals surface area contributed by atoms with Crippen LogP contribution in [0.2, 0.25) is 0 Å². The summed E-state index contributed by atoms with van der Waals surface area (Å²) < 4.78 is 0. The van der Waals surface area contributed by atoms with E-state index in [9.17, 15) is 4.79 Å². The molecule has 0 fully saturated rings. The zero-order chi connectivity index (χ0) is 19.2. The van der Waals surface area contributed by atoms with Gasteiger partial charge in [0.2, 0.25) is 0 Å². The standard InChI is InChI=1S/C22H28N2OS2/c1-5-22(2,3)14-8-11-16-17(12-14)27-21-18(16)20(25)23-19(24-21)13-6-9-15(26-4)10-7-13/h6-7,9-10,14,19,24H,5,8,11-12H2,1-4H3,(H,23,25)/t14-,19+/m0/s1. The summed E-state index contributed by atoms with van der Waals surface area (Å²) in [5.74, 6) is 0.779. The lowest BCUT2D eigenvalue weighted by molar-refractivity contribution is 0.0934. The van der Waals surface area contributed by atoms with Crippen molar-refractivity contribution in [2.45, 2.75) is 57.5 Å². The van der Waals surface area contributed by atoms with Gasteiger partial charge in [0.1, 0.15) is 11.2 Å². The van der Waals surface area contributed by atoms with Crippen molar-refractivity contribution in [2.24, 2.45) is 11.3 Å². The van der Waals surface area contributed by atoms with Gasteiger partial charge >= 0.3 is 0 Å². The summed E-state index contributed by atoms with van der Waals surface area (Å²) in [6.45, 7) is 7.06. The number of rotatable bonds is 4. The van der Waals surface area contributed by atoms with E-state index in [1.54, 1.807) is 23.1 Å². The number of carbonyl (C=O) groups excluding carboxylic acids is 1. The first-order valence-corrected chi connectivity index (χ1v) is 11.8. The molecule has 2 aliphatic rings. The average Bonchev–Trinajstić information content (AvgIpc) is 3.06. The van der Waals surface area contributed by atoms with E-state index in [0.717, 1.165) is 29.0 Å². The Labute approximate surface area is 170 Å².